The van der Waals surface area contributed by atoms with Crippen molar-refractivity contribution < 1.29 is 23.9 Å². The van der Waals surface area contributed by atoms with Crippen molar-refractivity contribution in [2.45, 2.75) is 19.8 Å². The third kappa shape index (κ3) is 4.78. The van der Waals surface area contributed by atoms with Gasteiger partial charge in [-0.1, -0.05) is 26.0 Å². The second-order valence-corrected chi connectivity index (χ2v) is 7.68. The van der Waals surface area contributed by atoms with E-state index in [4.69, 9.17) is 9.47 Å². The molecule has 2 N–H and O–H groups in total. The van der Waals surface area contributed by atoms with Crippen LogP contribution in [-0.2, 0) is 4.79 Å². The smallest absolute Gasteiger partial charge is 0.262 e. The van der Waals surface area contributed by atoms with Crippen LogP contribution in [0.3, 0.4) is 0 Å². The lowest BCUT2D eigenvalue weighted by Gasteiger charge is -2.10. The summed E-state index contributed by atoms with van der Waals surface area (Å²) in [5.41, 5.74) is 2.43. The zero-order valence-corrected chi connectivity index (χ0v) is 17.7. The first-order valence-electron chi connectivity index (χ1n) is 10.2. The summed E-state index contributed by atoms with van der Waals surface area (Å²) in [5.74, 6) is 0.904. The summed E-state index contributed by atoms with van der Waals surface area (Å²) < 4.78 is 11.3. The average molecular weight is 430 g/mol. The van der Waals surface area contributed by atoms with Gasteiger partial charge in [-0.2, -0.15) is 0 Å². The van der Waals surface area contributed by atoms with Gasteiger partial charge in [-0.3, -0.25) is 19.7 Å². The molecule has 0 spiro atoms. The van der Waals surface area contributed by atoms with Gasteiger partial charge in [-0.15, -0.1) is 0 Å². The molecule has 1 aliphatic heterocycles. The van der Waals surface area contributed by atoms with Crippen molar-refractivity contribution in [3.05, 3.63) is 83.4 Å². The number of carbonyl (C=O) groups is 3. The molecule has 0 atom stereocenters. The maximum absolute atomic E-state index is 12.2. The molecule has 3 aromatic rings. The number of imide groups is 1. The van der Waals surface area contributed by atoms with Crippen molar-refractivity contribution in [1.82, 2.24) is 5.32 Å². The van der Waals surface area contributed by atoms with Crippen molar-refractivity contribution in [2.75, 3.05) is 11.9 Å². The second-order valence-electron chi connectivity index (χ2n) is 7.68. The predicted molar refractivity (Wildman–Crippen MR) is 119 cm³/mol. The van der Waals surface area contributed by atoms with Crippen molar-refractivity contribution in [3.8, 4) is 17.2 Å². The summed E-state index contributed by atoms with van der Waals surface area (Å²) in [6.07, 6.45) is 0. The fourth-order valence-corrected chi connectivity index (χ4v) is 3.25. The Bertz CT molecular complexity index is 1170. The van der Waals surface area contributed by atoms with Crippen molar-refractivity contribution in [1.29, 1.82) is 0 Å². The van der Waals surface area contributed by atoms with Crippen LogP contribution in [0.1, 0.15) is 46.0 Å². The van der Waals surface area contributed by atoms with Gasteiger partial charge in [0.2, 0.25) is 0 Å². The topological polar surface area (TPSA) is 93.7 Å². The minimum absolute atomic E-state index is 0.102. The predicted octanol–water partition coefficient (Wildman–Crippen LogP) is 4.50. The Morgan fingerprint density at radius 3 is 2.16 bits per heavy atom. The molecule has 0 saturated heterocycles. The van der Waals surface area contributed by atoms with E-state index in [0.29, 0.717) is 34.4 Å². The van der Waals surface area contributed by atoms with E-state index in [2.05, 4.69) is 24.5 Å². The van der Waals surface area contributed by atoms with Crippen LogP contribution in [0.25, 0.3) is 0 Å². The van der Waals surface area contributed by atoms with Crippen molar-refractivity contribution >= 4 is 23.4 Å². The van der Waals surface area contributed by atoms with Gasteiger partial charge in [0.05, 0.1) is 11.1 Å². The van der Waals surface area contributed by atoms with E-state index in [-0.39, 0.29) is 18.1 Å². The third-order valence-corrected chi connectivity index (χ3v) is 5.00. The van der Waals surface area contributed by atoms with Gasteiger partial charge < -0.3 is 14.8 Å². The zero-order chi connectivity index (χ0) is 22.7. The number of fused-ring (bicyclic) bond motifs is 1. The molecule has 3 aromatic carbocycles. The average Bonchev–Trinajstić information content (AvgIpc) is 3.07. The quantitative estimate of drug-likeness (QED) is 0.538. The minimum atomic E-state index is -0.438. The molecule has 4 rings (SSSR count). The maximum Gasteiger partial charge on any atom is 0.262 e. The van der Waals surface area contributed by atoms with Gasteiger partial charge in [-0.25, -0.2) is 0 Å². The lowest BCUT2D eigenvalue weighted by molar-refractivity contribution is -0.118. The minimum Gasteiger partial charge on any atom is -0.484 e. The standard InChI is InChI=1S/C25H22N2O5/c1-15(2)16-3-7-18(8-4-16)31-14-23(28)26-17-5-9-19(10-6-17)32-20-11-12-21-22(13-20)25(30)27-24(21)29/h3-13,15H,14H2,1-2H3,(H,26,28)(H,27,29,30). The highest BCUT2D eigenvalue weighted by Gasteiger charge is 2.26. The maximum atomic E-state index is 12.2. The normalized spacial score (nSPS) is 12.3. The monoisotopic (exact) mass is 430 g/mol. The molecule has 0 radical (unpaired) electrons. The molecule has 162 valence electrons. The van der Waals surface area contributed by atoms with E-state index in [0.717, 1.165) is 0 Å². The second kappa shape index (κ2) is 8.93. The zero-order valence-electron chi connectivity index (χ0n) is 17.7. The largest absolute Gasteiger partial charge is 0.484 e. The lowest BCUT2D eigenvalue weighted by atomic mass is 10.0. The van der Waals surface area contributed by atoms with Crippen LogP contribution in [0, 0.1) is 0 Å². The molecule has 7 nitrogen and oxygen atoms in total. The van der Waals surface area contributed by atoms with Crippen LogP contribution >= 0.6 is 0 Å². The highest BCUT2D eigenvalue weighted by molar-refractivity contribution is 6.21. The first-order chi connectivity index (χ1) is 15.4. The number of rotatable bonds is 7. The molecule has 0 aromatic heterocycles. The first-order valence-corrected chi connectivity index (χ1v) is 10.2. The molecule has 0 aliphatic carbocycles. The molecule has 0 saturated carbocycles. The van der Waals surface area contributed by atoms with E-state index < -0.39 is 11.8 Å². The van der Waals surface area contributed by atoms with Gasteiger partial charge in [0.25, 0.3) is 17.7 Å². The fourth-order valence-electron chi connectivity index (χ4n) is 3.25. The van der Waals surface area contributed by atoms with Crippen LogP contribution in [0.4, 0.5) is 5.69 Å². The summed E-state index contributed by atoms with van der Waals surface area (Å²) in [6, 6.07) is 19.2. The first kappa shape index (κ1) is 21.1. The summed E-state index contributed by atoms with van der Waals surface area (Å²) in [7, 11) is 0. The summed E-state index contributed by atoms with van der Waals surface area (Å²) in [5, 5.41) is 5.01. The molecule has 0 bridgehead atoms. The van der Waals surface area contributed by atoms with Crippen LogP contribution in [0.15, 0.2) is 66.7 Å². The Hall–Kier alpha value is -4.13. The SMILES string of the molecule is CC(C)c1ccc(OCC(=O)Nc2ccc(Oc3ccc4c(c3)C(=O)NC4=O)cc2)cc1. The highest BCUT2D eigenvalue weighted by Crippen LogP contribution is 2.27. The van der Waals surface area contributed by atoms with Crippen LogP contribution in [-0.4, -0.2) is 24.3 Å². The Kier molecular flexibility index (Phi) is 5.89. The Morgan fingerprint density at radius 2 is 1.47 bits per heavy atom. The molecule has 32 heavy (non-hydrogen) atoms. The number of amides is 3. The van der Waals surface area contributed by atoms with E-state index in [1.54, 1.807) is 36.4 Å². The lowest BCUT2D eigenvalue weighted by Crippen LogP contribution is -2.20. The summed E-state index contributed by atoms with van der Waals surface area (Å²) in [6.45, 7) is 4.13. The Labute approximate surface area is 185 Å². The van der Waals surface area contributed by atoms with Gasteiger partial charge in [-0.05, 0) is 66.1 Å². The van der Waals surface area contributed by atoms with Crippen LogP contribution < -0.4 is 20.1 Å². The third-order valence-electron chi connectivity index (χ3n) is 5.00. The highest BCUT2D eigenvalue weighted by atomic mass is 16.5. The molecule has 7 heteroatoms. The van der Waals surface area contributed by atoms with Crippen LogP contribution in [0.2, 0.25) is 0 Å². The van der Waals surface area contributed by atoms with Gasteiger partial charge in [0.1, 0.15) is 17.2 Å². The van der Waals surface area contributed by atoms with E-state index in [1.807, 2.05) is 24.3 Å². The summed E-state index contributed by atoms with van der Waals surface area (Å²) in [4.78, 5) is 35.6. The van der Waals surface area contributed by atoms with Crippen LogP contribution in [0.5, 0.6) is 17.2 Å². The Morgan fingerprint density at radius 1 is 0.844 bits per heavy atom. The number of hydrogen-bond donors (Lipinski definition) is 2. The number of benzene rings is 3. The van der Waals surface area contributed by atoms with Crippen molar-refractivity contribution in [2.24, 2.45) is 0 Å². The van der Waals surface area contributed by atoms with Gasteiger partial charge >= 0.3 is 0 Å². The van der Waals surface area contributed by atoms with E-state index >= 15 is 0 Å². The number of hydrogen-bond acceptors (Lipinski definition) is 5. The number of nitrogens with one attached hydrogen (secondary N) is 2. The van der Waals surface area contributed by atoms with Gasteiger partial charge in [0.15, 0.2) is 6.61 Å². The van der Waals surface area contributed by atoms with E-state index in [9.17, 15) is 14.4 Å². The molecular weight excluding hydrogens is 408 g/mol. The molecule has 1 aliphatic rings. The van der Waals surface area contributed by atoms with E-state index in [1.165, 1.54) is 11.6 Å². The Balaban J connectivity index is 1.31. The number of ether oxygens (including phenoxy) is 2. The van der Waals surface area contributed by atoms with Crippen molar-refractivity contribution in [3.63, 3.8) is 0 Å². The molecule has 3 amide bonds. The number of anilines is 1. The molecule has 1 heterocycles. The van der Waals surface area contributed by atoms with Gasteiger partial charge in [0, 0.05) is 5.69 Å². The molecule has 0 fully saturated rings. The molecule has 0 unspecified atom stereocenters. The summed E-state index contributed by atoms with van der Waals surface area (Å²) >= 11 is 0. The fraction of sp³-hybridized carbons (Fsp3) is 0.160. The number of carbonyl (C=O) groups excluding carboxylic acids is 3. The molecular formula is C25H22N2O5.